The van der Waals surface area contributed by atoms with Crippen molar-refractivity contribution in [2.24, 2.45) is 17.3 Å². The number of hydrogen-bond donors (Lipinski definition) is 1. The first-order valence-corrected chi connectivity index (χ1v) is 7.54. The Morgan fingerprint density at radius 2 is 1.89 bits per heavy atom. The van der Waals surface area contributed by atoms with Gasteiger partial charge in [-0.1, -0.05) is 13.3 Å². The van der Waals surface area contributed by atoms with Crippen LogP contribution in [0.4, 0.5) is 4.79 Å². The highest BCUT2D eigenvalue weighted by molar-refractivity contribution is 5.68. The summed E-state index contributed by atoms with van der Waals surface area (Å²) in [4.78, 5) is 11.8. The van der Waals surface area contributed by atoms with Gasteiger partial charge in [0.15, 0.2) is 0 Å². The summed E-state index contributed by atoms with van der Waals surface area (Å²) >= 11 is 0. The van der Waals surface area contributed by atoms with E-state index in [4.69, 9.17) is 4.74 Å². The second kappa shape index (κ2) is 4.14. The van der Waals surface area contributed by atoms with Gasteiger partial charge in [-0.2, -0.15) is 0 Å². The molecule has 0 aromatic rings. The molecule has 1 N–H and O–H groups in total. The van der Waals surface area contributed by atoms with E-state index in [0.29, 0.717) is 12.0 Å². The number of ether oxygens (including phenoxy) is 1. The Bertz CT molecular complexity index is 338. The van der Waals surface area contributed by atoms with Crippen LogP contribution in [0.1, 0.15) is 58.8 Å². The molecule has 4 atom stereocenters. The van der Waals surface area contributed by atoms with Crippen molar-refractivity contribution in [3.8, 4) is 0 Å². The largest absolute Gasteiger partial charge is 0.450 e. The van der Waals surface area contributed by atoms with Crippen LogP contribution >= 0.6 is 0 Å². The van der Waals surface area contributed by atoms with E-state index >= 15 is 0 Å². The monoisotopic (exact) mass is 251 g/mol. The van der Waals surface area contributed by atoms with Crippen LogP contribution in [0.25, 0.3) is 0 Å². The van der Waals surface area contributed by atoms with Gasteiger partial charge < -0.3 is 10.1 Å². The van der Waals surface area contributed by atoms with Crippen molar-refractivity contribution in [3.05, 3.63) is 0 Å². The number of hydrogen-bond acceptors (Lipinski definition) is 2. The topological polar surface area (TPSA) is 38.3 Å². The standard InChI is InChI=1S/C15H25NO2/c1-3-14-6-11-5-12(7-14)9-15(8-11,10-14)16-13(17)18-4-2/h11-12H,3-10H2,1-2H3,(H,16,17)/t11-,12+,14?,15?. The van der Waals surface area contributed by atoms with Gasteiger partial charge in [-0.05, 0) is 62.7 Å². The Labute approximate surface area is 110 Å². The number of carbonyl (C=O) groups is 1. The molecule has 0 radical (unpaired) electrons. The number of nitrogens with one attached hydrogen (secondary N) is 1. The second-order valence-electron chi connectivity index (χ2n) is 6.94. The minimum absolute atomic E-state index is 0.0619. The molecule has 0 spiro atoms. The molecule has 0 aliphatic heterocycles. The molecular weight excluding hydrogens is 226 g/mol. The molecule has 3 nitrogen and oxygen atoms in total. The van der Waals surface area contributed by atoms with Crippen molar-refractivity contribution >= 4 is 6.09 Å². The summed E-state index contributed by atoms with van der Waals surface area (Å²) in [6, 6.07) is 0. The van der Waals surface area contributed by atoms with Crippen LogP contribution in [0.15, 0.2) is 0 Å². The van der Waals surface area contributed by atoms with Gasteiger partial charge in [-0.25, -0.2) is 4.79 Å². The highest BCUT2D eigenvalue weighted by Crippen LogP contribution is 2.62. The summed E-state index contributed by atoms with van der Waals surface area (Å²) in [7, 11) is 0. The van der Waals surface area contributed by atoms with Crippen molar-refractivity contribution in [2.45, 2.75) is 64.3 Å². The lowest BCUT2D eigenvalue weighted by Gasteiger charge is -2.62. The van der Waals surface area contributed by atoms with E-state index in [1.807, 2.05) is 6.92 Å². The quantitative estimate of drug-likeness (QED) is 0.834. The van der Waals surface area contributed by atoms with Crippen LogP contribution in [0.2, 0.25) is 0 Å². The first kappa shape index (κ1) is 12.3. The third-order valence-electron chi connectivity index (χ3n) is 5.57. The maximum Gasteiger partial charge on any atom is 0.407 e. The predicted octanol–water partition coefficient (Wildman–Crippen LogP) is 3.48. The van der Waals surface area contributed by atoms with Crippen molar-refractivity contribution in [2.75, 3.05) is 6.61 Å². The summed E-state index contributed by atoms with van der Waals surface area (Å²) in [6.07, 6.45) is 8.81. The fourth-order valence-electron chi connectivity index (χ4n) is 5.40. The smallest absolute Gasteiger partial charge is 0.407 e. The lowest BCUT2D eigenvalue weighted by molar-refractivity contribution is -0.0811. The molecule has 2 unspecified atom stereocenters. The number of alkyl carbamates (subject to hydrolysis) is 1. The molecule has 0 aromatic heterocycles. The van der Waals surface area contributed by atoms with Gasteiger partial charge in [0.25, 0.3) is 0 Å². The van der Waals surface area contributed by atoms with Gasteiger partial charge in [0.1, 0.15) is 0 Å². The molecule has 0 heterocycles. The Hall–Kier alpha value is -0.730. The van der Waals surface area contributed by atoms with Gasteiger partial charge in [0.2, 0.25) is 0 Å². The second-order valence-corrected chi connectivity index (χ2v) is 6.94. The molecule has 3 heteroatoms. The SMILES string of the molecule is CCOC(=O)NC12C[C@@H]3C[C@@H](CC(CC)(C3)C1)C2. The normalized spacial score (nSPS) is 45.0. The average molecular weight is 251 g/mol. The minimum atomic E-state index is -0.203. The summed E-state index contributed by atoms with van der Waals surface area (Å²) in [5.74, 6) is 1.68. The van der Waals surface area contributed by atoms with Crippen LogP contribution < -0.4 is 5.32 Å². The molecule has 102 valence electrons. The lowest BCUT2D eigenvalue weighted by atomic mass is 9.46. The summed E-state index contributed by atoms with van der Waals surface area (Å²) in [5.41, 5.74) is 0.579. The maximum atomic E-state index is 11.8. The van der Waals surface area contributed by atoms with Crippen molar-refractivity contribution in [3.63, 3.8) is 0 Å². The van der Waals surface area contributed by atoms with Crippen LogP contribution in [0.3, 0.4) is 0 Å². The molecule has 0 aromatic carbocycles. The van der Waals surface area contributed by atoms with E-state index in [2.05, 4.69) is 12.2 Å². The van der Waals surface area contributed by atoms with Gasteiger partial charge in [-0.15, -0.1) is 0 Å². The third-order valence-corrected chi connectivity index (χ3v) is 5.57. The van der Waals surface area contributed by atoms with Gasteiger partial charge in [0, 0.05) is 5.54 Å². The van der Waals surface area contributed by atoms with E-state index in [1.165, 1.54) is 44.9 Å². The average Bonchev–Trinajstić information content (AvgIpc) is 2.26. The Morgan fingerprint density at radius 1 is 1.22 bits per heavy atom. The van der Waals surface area contributed by atoms with E-state index in [1.54, 1.807) is 0 Å². The Morgan fingerprint density at radius 3 is 2.44 bits per heavy atom. The third kappa shape index (κ3) is 1.92. The van der Waals surface area contributed by atoms with Crippen molar-refractivity contribution < 1.29 is 9.53 Å². The van der Waals surface area contributed by atoms with Crippen molar-refractivity contribution in [1.82, 2.24) is 5.32 Å². The zero-order valence-corrected chi connectivity index (χ0v) is 11.6. The van der Waals surface area contributed by atoms with Crippen LogP contribution in [0.5, 0.6) is 0 Å². The first-order valence-electron chi connectivity index (χ1n) is 7.54. The summed E-state index contributed by atoms with van der Waals surface area (Å²) < 4.78 is 5.10. The zero-order chi connectivity index (χ0) is 12.8. The number of amides is 1. The molecule has 0 saturated heterocycles. The molecule has 4 aliphatic rings. The van der Waals surface area contributed by atoms with Gasteiger partial charge in [0.05, 0.1) is 6.61 Å². The van der Waals surface area contributed by atoms with Crippen LogP contribution in [-0.4, -0.2) is 18.2 Å². The van der Waals surface area contributed by atoms with E-state index < -0.39 is 0 Å². The van der Waals surface area contributed by atoms with Crippen LogP contribution in [0, 0.1) is 17.3 Å². The van der Waals surface area contributed by atoms with Crippen LogP contribution in [-0.2, 0) is 4.74 Å². The molecule has 18 heavy (non-hydrogen) atoms. The molecule has 4 aliphatic carbocycles. The predicted molar refractivity (Wildman–Crippen MR) is 70.3 cm³/mol. The van der Waals surface area contributed by atoms with Gasteiger partial charge in [-0.3, -0.25) is 0 Å². The molecule has 1 amide bonds. The highest BCUT2D eigenvalue weighted by atomic mass is 16.5. The highest BCUT2D eigenvalue weighted by Gasteiger charge is 2.57. The Balaban J connectivity index is 1.78. The lowest BCUT2D eigenvalue weighted by Crippen LogP contribution is -2.63. The fraction of sp³-hybridized carbons (Fsp3) is 0.933. The fourth-order valence-corrected chi connectivity index (χ4v) is 5.40. The zero-order valence-electron chi connectivity index (χ0n) is 11.6. The maximum absolute atomic E-state index is 11.8. The van der Waals surface area contributed by atoms with E-state index in [0.717, 1.165) is 11.8 Å². The molecule has 4 bridgehead atoms. The summed E-state index contributed by atoms with van der Waals surface area (Å²) in [6.45, 7) is 4.66. The first-order chi connectivity index (χ1) is 8.59. The van der Waals surface area contributed by atoms with Crippen molar-refractivity contribution in [1.29, 1.82) is 0 Å². The Kier molecular flexibility index (Phi) is 2.83. The van der Waals surface area contributed by atoms with Gasteiger partial charge >= 0.3 is 6.09 Å². The number of rotatable bonds is 3. The molecule has 4 fully saturated rings. The minimum Gasteiger partial charge on any atom is -0.450 e. The summed E-state index contributed by atoms with van der Waals surface area (Å²) in [5, 5.41) is 3.22. The van der Waals surface area contributed by atoms with E-state index in [-0.39, 0.29) is 11.6 Å². The molecular formula is C15H25NO2. The molecule has 4 rings (SSSR count). The van der Waals surface area contributed by atoms with E-state index in [9.17, 15) is 4.79 Å². The number of carbonyl (C=O) groups excluding carboxylic acids is 1. The molecule has 4 saturated carbocycles.